The van der Waals surface area contributed by atoms with Crippen LogP contribution in [-0.4, -0.2) is 17.1 Å². The Morgan fingerprint density at radius 1 is 1.25 bits per heavy atom. The number of esters is 1. The summed E-state index contributed by atoms with van der Waals surface area (Å²) in [5, 5.41) is 0. The molecule has 0 aliphatic heterocycles. The molecule has 86 valence electrons. The number of aromatic amines is 1. The molecule has 1 saturated carbocycles. The van der Waals surface area contributed by atoms with Crippen LogP contribution in [0.2, 0.25) is 0 Å². The Hall–Kier alpha value is -1.58. The number of carbonyl (C=O) groups excluding carboxylic acids is 1. The van der Waals surface area contributed by atoms with Gasteiger partial charge in [0.1, 0.15) is 11.8 Å². The van der Waals surface area contributed by atoms with Crippen LogP contribution in [0.4, 0.5) is 0 Å². The number of hydrogen-bond donors (Lipinski definition) is 1. The summed E-state index contributed by atoms with van der Waals surface area (Å²) >= 11 is 0. The van der Waals surface area contributed by atoms with Crippen molar-refractivity contribution in [3.63, 3.8) is 0 Å². The molecule has 1 N–H and O–H groups in total. The zero-order valence-electron chi connectivity index (χ0n) is 9.07. The second-order valence-electron chi connectivity index (χ2n) is 4.09. The number of aromatic nitrogens is 1. The molecule has 1 fully saturated rings. The molecule has 1 aliphatic rings. The molecular formula is C12H15NO3. The lowest BCUT2D eigenvalue weighted by Crippen LogP contribution is -2.22. The Morgan fingerprint density at radius 2 is 2.00 bits per heavy atom. The van der Waals surface area contributed by atoms with Gasteiger partial charge in [-0.05, 0) is 31.7 Å². The van der Waals surface area contributed by atoms with E-state index in [0.717, 1.165) is 25.7 Å². The van der Waals surface area contributed by atoms with Crippen molar-refractivity contribution in [2.45, 2.75) is 38.2 Å². The molecule has 4 nitrogen and oxygen atoms in total. The molecule has 16 heavy (non-hydrogen) atoms. The van der Waals surface area contributed by atoms with Crippen LogP contribution < -0.4 is 5.56 Å². The largest absolute Gasteiger partial charge is 0.458 e. The fourth-order valence-electron chi connectivity index (χ4n) is 1.96. The molecule has 1 heterocycles. The smallest absolute Gasteiger partial charge is 0.355 e. The van der Waals surface area contributed by atoms with Gasteiger partial charge in [-0.2, -0.15) is 0 Å². The fraction of sp³-hybridized carbons (Fsp3) is 0.500. The fourth-order valence-corrected chi connectivity index (χ4v) is 1.96. The predicted molar refractivity (Wildman–Crippen MR) is 59.4 cm³/mol. The van der Waals surface area contributed by atoms with E-state index < -0.39 is 5.97 Å². The SMILES string of the molecule is O=C(OC1CCCCC1)c1cccc(=O)[nH]1. The van der Waals surface area contributed by atoms with Crippen LogP contribution in [0.1, 0.15) is 42.6 Å². The molecule has 0 unspecified atom stereocenters. The zero-order valence-corrected chi connectivity index (χ0v) is 9.07. The Morgan fingerprint density at radius 3 is 2.69 bits per heavy atom. The van der Waals surface area contributed by atoms with Crippen molar-refractivity contribution in [3.8, 4) is 0 Å². The molecule has 1 aromatic rings. The van der Waals surface area contributed by atoms with Gasteiger partial charge in [-0.15, -0.1) is 0 Å². The van der Waals surface area contributed by atoms with Crippen molar-refractivity contribution < 1.29 is 9.53 Å². The second kappa shape index (κ2) is 4.96. The molecule has 0 aromatic carbocycles. The first-order valence-electron chi connectivity index (χ1n) is 5.66. The summed E-state index contributed by atoms with van der Waals surface area (Å²) < 4.78 is 5.32. The van der Waals surface area contributed by atoms with Gasteiger partial charge in [-0.3, -0.25) is 4.79 Å². The highest BCUT2D eigenvalue weighted by atomic mass is 16.5. The molecule has 0 saturated heterocycles. The number of H-pyrrole nitrogens is 1. The summed E-state index contributed by atoms with van der Waals surface area (Å²) in [6.45, 7) is 0. The van der Waals surface area contributed by atoms with Crippen LogP contribution in [0.5, 0.6) is 0 Å². The summed E-state index contributed by atoms with van der Waals surface area (Å²) in [6, 6.07) is 4.49. The van der Waals surface area contributed by atoms with Gasteiger partial charge in [-0.1, -0.05) is 12.5 Å². The lowest BCUT2D eigenvalue weighted by molar-refractivity contribution is 0.0204. The van der Waals surface area contributed by atoms with Crippen molar-refractivity contribution in [1.29, 1.82) is 0 Å². The Bertz CT molecular complexity index is 418. The molecule has 1 aromatic heterocycles. The van der Waals surface area contributed by atoms with Crippen LogP contribution in [0.25, 0.3) is 0 Å². The monoisotopic (exact) mass is 221 g/mol. The molecule has 0 atom stereocenters. The van der Waals surface area contributed by atoms with Gasteiger partial charge >= 0.3 is 5.97 Å². The molecule has 1 aliphatic carbocycles. The number of ether oxygens (including phenoxy) is 1. The third kappa shape index (κ3) is 2.72. The maximum atomic E-state index is 11.7. The number of carbonyl (C=O) groups is 1. The first kappa shape index (κ1) is 10.9. The lowest BCUT2D eigenvalue weighted by atomic mass is 9.98. The molecule has 0 spiro atoms. The molecular weight excluding hydrogens is 206 g/mol. The van der Waals surface area contributed by atoms with E-state index >= 15 is 0 Å². The van der Waals surface area contributed by atoms with Gasteiger partial charge in [0.15, 0.2) is 0 Å². The van der Waals surface area contributed by atoms with Gasteiger partial charge in [0.05, 0.1) is 0 Å². The molecule has 0 radical (unpaired) electrons. The van der Waals surface area contributed by atoms with E-state index in [9.17, 15) is 9.59 Å². The summed E-state index contributed by atoms with van der Waals surface area (Å²) in [6.07, 6.45) is 5.33. The first-order chi connectivity index (χ1) is 7.75. The van der Waals surface area contributed by atoms with Crippen molar-refractivity contribution in [1.82, 2.24) is 4.98 Å². The normalized spacial score (nSPS) is 17.0. The third-order valence-corrected chi connectivity index (χ3v) is 2.81. The Balaban J connectivity index is 1.99. The quantitative estimate of drug-likeness (QED) is 0.775. The maximum absolute atomic E-state index is 11.7. The van der Waals surface area contributed by atoms with Gasteiger partial charge in [0.25, 0.3) is 0 Å². The molecule has 2 rings (SSSR count). The van der Waals surface area contributed by atoms with E-state index in [1.54, 1.807) is 12.1 Å². The van der Waals surface area contributed by atoms with E-state index in [0.29, 0.717) is 0 Å². The molecule has 0 bridgehead atoms. The van der Waals surface area contributed by atoms with Crippen LogP contribution in [0, 0.1) is 0 Å². The second-order valence-corrected chi connectivity index (χ2v) is 4.09. The molecule has 4 heteroatoms. The average molecular weight is 221 g/mol. The van der Waals surface area contributed by atoms with Crippen molar-refractivity contribution in [2.75, 3.05) is 0 Å². The topological polar surface area (TPSA) is 59.2 Å². The first-order valence-corrected chi connectivity index (χ1v) is 5.66. The van der Waals surface area contributed by atoms with Gasteiger partial charge in [-0.25, -0.2) is 4.79 Å². The van der Waals surface area contributed by atoms with E-state index in [1.807, 2.05) is 0 Å². The number of rotatable bonds is 2. The van der Waals surface area contributed by atoms with Gasteiger partial charge < -0.3 is 9.72 Å². The van der Waals surface area contributed by atoms with Crippen LogP contribution in [-0.2, 0) is 4.74 Å². The minimum atomic E-state index is -0.426. The number of pyridine rings is 1. The standard InChI is InChI=1S/C12H15NO3/c14-11-8-4-7-10(13-11)12(15)16-9-5-2-1-3-6-9/h4,7-9H,1-3,5-6H2,(H,13,14). The van der Waals surface area contributed by atoms with Crippen LogP contribution in [0.15, 0.2) is 23.0 Å². The van der Waals surface area contributed by atoms with Crippen LogP contribution in [0.3, 0.4) is 0 Å². The highest BCUT2D eigenvalue weighted by molar-refractivity contribution is 5.87. The third-order valence-electron chi connectivity index (χ3n) is 2.81. The van der Waals surface area contributed by atoms with E-state index in [4.69, 9.17) is 4.74 Å². The number of nitrogens with one attached hydrogen (secondary N) is 1. The minimum Gasteiger partial charge on any atom is -0.458 e. The van der Waals surface area contributed by atoms with Crippen molar-refractivity contribution in [3.05, 3.63) is 34.2 Å². The highest BCUT2D eigenvalue weighted by Gasteiger charge is 2.18. The summed E-state index contributed by atoms with van der Waals surface area (Å²) in [5.74, 6) is -0.426. The average Bonchev–Trinajstić information content (AvgIpc) is 2.30. The van der Waals surface area contributed by atoms with Crippen LogP contribution >= 0.6 is 0 Å². The van der Waals surface area contributed by atoms with E-state index in [2.05, 4.69) is 4.98 Å². The Labute approximate surface area is 93.6 Å². The summed E-state index contributed by atoms with van der Waals surface area (Å²) in [7, 11) is 0. The maximum Gasteiger partial charge on any atom is 0.355 e. The minimum absolute atomic E-state index is 0.0185. The van der Waals surface area contributed by atoms with Gasteiger partial charge in [0, 0.05) is 6.07 Å². The summed E-state index contributed by atoms with van der Waals surface area (Å²) in [4.78, 5) is 25.2. The number of hydrogen-bond acceptors (Lipinski definition) is 3. The van der Waals surface area contributed by atoms with E-state index in [-0.39, 0.29) is 17.4 Å². The summed E-state index contributed by atoms with van der Waals surface area (Å²) in [5.41, 5.74) is -0.0452. The highest BCUT2D eigenvalue weighted by Crippen LogP contribution is 2.20. The predicted octanol–water partition coefficient (Wildman–Crippen LogP) is 1.86. The molecule has 0 amide bonds. The van der Waals surface area contributed by atoms with Crippen molar-refractivity contribution in [2.24, 2.45) is 0 Å². The van der Waals surface area contributed by atoms with Crippen molar-refractivity contribution >= 4 is 5.97 Å². The van der Waals surface area contributed by atoms with Gasteiger partial charge in [0.2, 0.25) is 5.56 Å². The lowest BCUT2D eigenvalue weighted by Gasteiger charge is -2.21. The van der Waals surface area contributed by atoms with E-state index in [1.165, 1.54) is 12.5 Å². The zero-order chi connectivity index (χ0) is 11.4. The Kier molecular flexibility index (Phi) is 3.39.